The quantitative estimate of drug-likeness (QED) is 0.206. The standard InChI is InChI=1S/C28H25BrCl2N2O6S/c1-2-39-20-10-14(5-8-19(20)34)22-16-6-7-17-21(24(36)32(23(17)35)12-15-4-3-9-40-15)18(16)11-27(30)25(37)33(13-29)26(38)28(22,27)31/h3-6,8-10,17-18,21-22,34H,2,7,11-13H2,1H3/t17-,18+,21-,22-,27+,28-/m0/s1. The molecular weight excluding hydrogens is 643 g/mol. The Kier molecular flexibility index (Phi) is 6.84. The second-order valence-electron chi connectivity index (χ2n) is 10.5. The SMILES string of the molecule is CCOc1cc([C@H]2C3=CC[C@@H]4C(=O)N(Cc5cccs5)C(=O)[C@@H]4[C@@H]3C[C@@]3(Cl)C(=O)N(CBr)C(=O)[C@@]23Cl)ccc1O. The molecule has 4 amide bonds. The average molecular weight is 668 g/mol. The van der Waals surface area contributed by atoms with Gasteiger partial charge in [0.25, 0.3) is 11.8 Å². The van der Waals surface area contributed by atoms with Gasteiger partial charge in [-0.15, -0.1) is 34.5 Å². The number of hydrogen-bond acceptors (Lipinski definition) is 7. The molecule has 4 aliphatic rings. The molecule has 0 bridgehead atoms. The number of imide groups is 2. The van der Waals surface area contributed by atoms with E-state index in [-0.39, 0.29) is 48.3 Å². The molecule has 6 rings (SSSR count). The zero-order valence-corrected chi connectivity index (χ0v) is 25.2. The first-order valence-corrected chi connectivity index (χ1v) is 15.7. The first-order valence-electron chi connectivity index (χ1n) is 12.9. The fourth-order valence-electron chi connectivity index (χ4n) is 6.89. The highest BCUT2D eigenvalue weighted by molar-refractivity contribution is 9.09. The summed E-state index contributed by atoms with van der Waals surface area (Å²) in [5.74, 6) is -4.59. The molecule has 210 valence electrons. The molecule has 1 N–H and O–H groups in total. The lowest BCUT2D eigenvalue weighted by Crippen LogP contribution is -2.60. The van der Waals surface area contributed by atoms with Crippen LogP contribution in [0.1, 0.15) is 36.1 Å². The van der Waals surface area contributed by atoms with Gasteiger partial charge in [0.15, 0.2) is 21.2 Å². The van der Waals surface area contributed by atoms with Gasteiger partial charge in [-0.05, 0) is 54.8 Å². The van der Waals surface area contributed by atoms with Crippen LogP contribution in [0.4, 0.5) is 0 Å². The number of halogens is 3. The predicted octanol–water partition coefficient (Wildman–Crippen LogP) is 4.76. The van der Waals surface area contributed by atoms with E-state index >= 15 is 0 Å². The van der Waals surface area contributed by atoms with Crippen LogP contribution in [0.3, 0.4) is 0 Å². The molecule has 3 heterocycles. The maximum absolute atomic E-state index is 13.9. The smallest absolute Gasteiger partial charge is 0.254 e. The van der Waals surface area contributed by atoms with E-state index < -0.39 is 45.2 Å². The molecule has 12 heteroatoms. The molecule has 2 saturated heterocycles. The largest absolute Gasteiger partial charge is 0.504 e. The van der Waals surface area contributed by atoms with Crippen molar-refractivity contribution < 1.29 is 29.0 Å². The van der Waals surface area contributed by atoms with Crippen LogP contribution in [-0.2, 0) is 25.7 Å². The van der Waals surface area contributed by atoms with Crippen molar-refractivity contribution >= 4 is 74.1 Å². The Morgan fingerprint density at radius 3 is 2.55 bits per heavy atom. The molecule has 0 unspecified atom stereocenters. The van der Waals surface area contributed by atoms with Crippen LogP contribution in [0, 0.1) is 17.8 Å². The highest BCUT2D eigenvalue weighted by Crippen LogP contribution is 2.65. The minimum absolute atomic E-state index is 0.0715. The molecule has 40 heavy (non-hydrogen) atoms. The van der Waals surface area contributed by atoms with Gasteiger partial charge >= 0.3 is 0 Å². The molecule has 2 aliphatic carbocycles. The van der Waals surface area contributed by atoms with Crippen LogP contribution in [0.15, 0.2) is 47.4 Å². The molecule has 0 spiro atoms. The summed E-state index contributed by atoms with van der Waals surface area (Å²) in [7, 11) is 0. The molecule has 3 fully saturated rings. The third kappa shape index (κ3) is 3.68. The number of allylic oxidation sites excluding steroid dienone is 2. The lowest BCUT2D eigenvalue weighted by molar-refractivity contribution is -0.141. The Morgan fingerprint density at radius 1 is 1.10 bits per heavy atom. The van der Waals surface area contributed by atoms with Crippen LogP contribution >= 0.6 is 50.5 Å². The van der Waals surface area contributed by atoms with E-state index in [4.69, 9.17) is 27.9 Å². The number of alkyl halides is 3. The number of carbonyl (C=O) groups is 4. The Hall–Kier alpha value is -2.40. The number of fused-ring (bicyclic) bond motifs is 4. The number of phenols is 1. The third-order valence-corrected chi connectivity index (χ3v) is 11.4. The Labute approximate surface area is 253 Å². The van der Waals surface area contributed by atoms with Gasteiger partial charge < -0.3 is 9.84 Å². The van der Waals surface area contributed by atoms with Gasteiger partial charge in [0.1, 0.15) is 0 Å². The van der Waals surface area contributed by atoms with Gasteiger partial charge in [-0.2, -0.15) is 0 Å². The number of hydrogen-bond donors (Lipinski definition) is 1. The summed E-state index contributed by atoms with van der Waals surface area (Å²) in [6, 6.07) is 8.41. The van der Waals surface area contributed by atoms with Crippen LogP contribution in [-0.4, -0.2) is 60.3 Å². The number of likely N-dealkylation sites (tertiary alicyclic amines) is 2. The summed E-state index contributed by atoms with van der Waals surface area (Å²) in [5, 5.41) is 12.3. The topological polar surface area (TPSA) is 104 Å². The summed E-state index contributed by atoms with van der Waals surface area (Å²) in [6.45, 7) is 2.24. The Morgan fingerprint density at radius 2 is 1.88 bits per heavy atom. The van der Waals surface area contributed by atoms with E-state index in [1.165, 1.54) is 22.3 Å². The molecular formula is C28H25BrCl2N2O6S. The number of phenolic OH excluding ortho intramolecular Hbond substituents is 1. The monoisotopic (exact) mass is 666 g/mol. The number of thiophene rings is 1. The van der Waals surface area contributed by atoms with Crippen molar-refractivity contribution in [3.05, 3.63) is 57.8 Å². The number of benzene rings is 1. The molecule has 2 aromatic rings. The number of ether oxygens (including phenoxy) is 1. The summed E-state index contributed by atoms with van der Waals surface area (Å²) < 4.78 is 5.61. The average Bonchev–Trinajstić information content (AvgIpc) is 3.57. The zero-order chi connectivity index (χ0) is 28.6. The van der Waals surface area contributed by atoms with Crippen molar-refractivity contribution in [3.63, 3.8) is 0 Å². The normalized spacial score (nSPS) is 33.1. The number of nitrogens with zero attached hydrogens (tertiary/aromatic N) is 2. The van der Waals surface area contributed by atoms with Crippen molar-refractivity contribution in [1.29, 1.82) is 0 Å². The van der Waals surface area contributed by atoms with Crippen LogP contribution in [0.5, 0.6) is 11.5 Å². The zero-order valence-electron chi connectivity index (χ0n) is 21.3. The van der Waals surface area contributed by atoms with E-state index in [2.05, 4.69) is 15.9 Å². The number of carbonyl (C=O) groups excluding carboxylic acids is 4. The van der Waals surface area contributed by atoms with E-state index in [0.717, 1.165) is 9.78 Å². The van der Waals surface area contributed by atoms with E-state index in [0.29, 0.717) is 17.6 Å². The summed E-state index contributed by atoms with van der Waals surface area (Å²) in [6.07, 6.45) is 2.11. The lowest BCUT2D eigenvalue weighted by atomic mass is 9.56. The third-order valence-electron chi connectivity index (χ3n) is 8.62. The summed E-state index contributed by atoms with van der Waals surface area (Å²) >= 11 is 19.2. The molecule has 1 saturated carbocycles. The fraction of sp³-hybridized carbons (Fsp3) is 0.429. The number of rotatable bonds is 6. The molecule has 1 aromatic carbocycles. The van der Waals surface area contributed by atoms with Crippen LogP contribution < -0.4 is 4.74 Å². The van der Waals surface area contributed by atoms with Crippen molar-refractivity contribution in [2.45, 2.75) is 42.0 Å². The van der Waals surface area contributed by atoms with E-state index in [1.54, 1.807) is 19.1 Å². The first kappa shape index (κ1) is 27.8. The number of aromatic hydroxyl groups is 1. The summed E-state index contributed by atoms with van der Waals surface area (Å²) in [4.78, 5) is 54.3. The minimum atomic E-state index is -1.91. The highest BCUT2D eigenvalue weighted by Gasteiger charge is 2.76. The minimum Gasteiger partial charge on any atom is -0.504 e. The fourth-order valence-corrected chi connectivity index (χ4v) is 9.01. The molecule has 8 nitrogen and oxygen atoms in total. The Balaban J connectivity index is 1.50. The van der Waals surface area contributed by atoms with Crippen molar-refractivity contribution in [1.82, 2.24) is 9.80 Å². The highest BCUT2D eigenvalue weighted by atomic mass is 79.9. The summed E-state index contributed by atoms with van der Waals surface area (Å²) in [5.41, 5.74) is 1.11. The Bertz CT molecular complexity index is 1470. The molecule has 1 aromatic heterocycles. The molecule has 0 radical (unpaired) electrons. The van der Waals surface area contributed by atoms with Gasteiger partial charge in [-0.25, -0.2) is 0 Å². The second-order valence-corrected chi connectivity index (χ2v) is 13.3. The second kappa shape index (κ2) is 9.86. The molecule has 6 atom stereocenters. The van der Waals surface area contributed by atoms with Gasteiger partial charge in [0.05, 0.1) is 30.4 Å². The van der Waals surface area contributed by atoms with E-state index in [9.17, 15) is 24.3 Å². The van der Waals surface area contributed by atoms with Gasteiger partial charge in [0, 0.05) is 10.8 Å². The number of amides is 4. The lowest BCUT2D eigenvalue weighted by Gasteiger charge is -2.50. The van der Waals surface area contributed by atoms with Crippen molar-refractivity contribution in [2.24, 2.45) is 17.8 Å². The van der Waals surface area contributed by atoms with Gasteiger partial charge in [0.2, 0.25) is 11.8 Å². The molecule has 2 aliphatic heterocycles. The van der Waals surface area contributed by atoms with Crippen LogP contribution in [0.2, 0.25) is 0 Å². The maximum Gasteiger partial charge on any atom is 0.254 e. The maximum atomic E-state index is 13.9. The predicted molar refractivity (Wildman–Crippen MR) is 152 cm³/mol. The van der Waals surface area contributed by atoms with E-state index in [1.807, 2.05) is 23.6 Å². The van der Waals surface area contributed by atoms with Crippen LogP contribution in [0.25, 0.3) is 0 Å². The van der Waals surface area contributed by atoms with Crippen molar-refractivity contribution in [3.8, 4) is 11.5 Å². The van der Waals surface area contributed by atoms with Crippen molar-refractivity contribution in [2.75, 3.05) is 12.1 Å². The van der Waals surface area contributed by atoms with Gasteiger partial charge in [-0.3, -0.25) is 29.0 Å². The first-order chi connectivity index (χ1) is 19.1. The van der Waals surface area contributed by atoms with Gasteiger partial charge in [-0.1, -0.05) is 39.7 Å².